The lowest BCUT2D eigenvalue weighted by Crippen LogP contribution is -2.12. The number of aryl methyl sites for hydroxylation is 1. The maximum absolute atomic E-state index is 5.46. The highest BCUT2D eigenvalue weighted by molar-refractivity contribution is 5.11. The van der Waals surface area contributed by atoms with Gasteiger partial charge < -0.3 is 10.6 Å². The van der Waals surface area contributed by atoms with Gasteiger partial charge >= 0.3 is 0 Å². The molecular formula is C11H19N3. The van der Waals surface area contributed by atoms with Gasteiger partial charge in [-0.3, -0.25) is 4.98 Å². The van der Waals surface area contributed by atoms with Crippen molar-refractivity contribution in [2.24, 2.45) is 5.73 Å². The van der Waals surface area contributed by atoms with Crippen molar-refractivity contribution in [1.29, 1.82) is 0 Å². The summed E-state index contributed by atoms with van der Waals surface area (Å²) in [4.78, 5) is 6.67. The fourth-order valence-corrected chi connectivity index (χ4v) is 1.36. The topological polar surface area (TPSA) is 42.1 Å². The SMILES string of the molecule is CN(C)Cc1cccc(CCCN)n1. The molecule has 78 valence electrons. The van der Waals surface area contributed by atoms with Crippen LogP contribution in [-0.4, -0.2) is 30.5 Å². The third kappa shape index (κ3) is 3.85. The van der Waals surface area contributed by atoms with E-state index in [9.17, 15) is 0 Å². The van der Waals surface area contributed by atoms with E-state index in [-0.39, 0.29) is 0 Å². The van der Waals surface area contributed by atoms with E-state index >= 15 is 0 Å². The largest absolute Gasteiger partial charge is 0.330 e. The smallest absolute Gasteiger partial charge is 0.0547 e. The van der Waals surface area contributed by atoms with Crippen molar-refractivity contribution in [2.75, 3.05) is 20.6 Å². The van der Waals surface area contributed by atoms with E-state index in [0.717, 1.165) is 37.3 Å². The molecule has 0 radical (unpaired) electrons. The van der Waals surface area contributed by atoms with Gasteiger partial charge in [0.1, 0.15) is 0 Å². The summed E-state index contributed by atoms with van der Waals surface area (Å²) in [6, 6.07) is 6.19. The van der Waals surface area contributed by atoms with Gasteiger partial charge in [-0.25, -0.2) is 0 Å². The molecule has 1 heterocycles. The molecule has 0 spiro atoms. The summed E-state index contributed by atoms with van der Waals surface area (Å²) in [6.45, 7) is 1.63. The van der Waals surface area contributed by atoms with Gasteiger partial charge in [0, 0.05) is 12.2 Å². The van der Waals surface area contributed by atoms with Crippen LogP contribution in [0.2, 0.25) is 0 Å². The molecule has 0 aromatic carbocycles. The highest BCUT2D eigenvalue weighted by atomic mass is 15.1. The molecule has 0 saturated heterocycles. The first-order valence-electron chi connectivity index (χ1n) is 5.02. The van der Waals surface area contributed by atoms with Crippen LogP contribution in [0.15, 0.2) is 18.2 Å². The first-order valence-corrected chi connectivity index (χ1v) is 5.02. The Morgan fingerprint density at radius 1 is 1.29 bits per heavy atom. The summed E-state index contributed by atoms with van der Waals surface area (Å²) in [5.74, 6) is 0. The standard InChI is InChI=1S/C11H19N3/c1-14(2)9-11-6-3-5-10(13-11)7-4-8-12/h3,5-6H,4,7-9,12H2,1-2H3. The maximum Gasteiger partial charge on any atom is 0.0547 e. The molecule has 1 rings (SSSR count). The Bertz CT molecular complexity index is 271. The van der Waals surface area contributed by atoms with Crippen molar-refractivity contribution in [3.05, 3.63) is 29.6 Å². The summed E-state index contributed by atoms with van der Waals surface area (Å²) >= 11 is 0. The van der Waals surface area contributed by atoms with Crippen molar-refractivity contribution < 1.29 is 0 Å². The highest BCUT2D eigenvalue weighted by Crippen LogP contribution is 2.03. The van der Waals surface area contributed by atoms with Crippen LogP contribution >= 0.6 is 0 Å². The predicted molar refractivity (Wildman–Crippen MR) is 59.0 cm³/mol. The highest BCUT2D eigenvalue weighted by Gasteiger charge is 1.98. The maximum atomic E-state index is 5.46. The first kappa shape index (κ1) is 11.1. The van der Waals surface area contributed by atoms with Crippen LogP contribution in [0, 0.1) is 0 Å². The van der Waals surface area contributed by atoms with E-state index in [0.29, 0.717) is 0 Å². The Labute approximate surface area is 85.9 Å². The van der Waals surface area contributed by atoms with E-state index in [2.05, 4.69) is 28.1 Å². The molecule has 0 fully saturated rings. The van der Waals surface area contributed by atoms with Gasteiger partial charge in [0.15, 0.2) is 0 Å². The van der Waals surface area contributed by atoms with Crippen LogP contribution in [0.25, 0.3) is 0 Å². The Morgan fingerprint density at radius 3 is 2.64 bits per heavy atom. The number of aromatic nitrogens is 1. The molecule has 1 aromatic heterocycles. The van der Waals surface area contributed by atoms with Crippen LogP contribution < -0.4 is 5.73 Å². The molecule has 0 atom stereocenters. The van der Waals surface area contributed by atoms with Crippen LogP contribution in [0.1, 0.15) is 17.8 Å². The van der Waals surface area contributed by atoms with Gasteiger partial charge in [-0.1, -0.05) is 6.07 Å². The zero-order valence-electron chi connectivity index (χ0n) is 9.03. The Balaban J connectivity index is 2.59. The second kappa shape index (κ2) is 5.73. The quantitative estimate of drug-likeness (QED) is 0.759. The minimum atomic E-state index is 0.736. The van der Waals surface area contributed by atoms with E-state index in [1.165, 1.54) is 0 Å². The zero-order chi connectivity index (χ0) is 10.4. The molecular weight excluding hydrogens is 174 g/mol. The monoisotopic (exact) mass is 193 g/mol. The number of nitrogens with two attached hydrogens (primary N) is 1. The lowest BCUT2D eigenvalue weighted by molar-refractivity contribution is 0.396. The molecule has 1 aromatic rings. The lowest BCUT2D eigenvalue weighted by atomic mass is 10.2. The Morgan fingerprint density at radius 2 is 2.00 bits per heavy atom. The normalized spacial score (nSPS) is 10.9. The molecule has 0 unspecified atom stereocenters. The van der Waals surface area contributed by atoms with Crippen LogP contribution in [0.5, 0.6) is 0 Å². The number of nitrogens with zero attached hydrogens (tertiary/aromatic N) is 2. The number of hydrogen-bond donors (Lipinski definition) is 1. The summed E-state index contributed by atoms with van der Waals surface area (Å²) in [5.41, 5.74) is 7.74. The van der Waals surface area contributed by atoms with Crippen molar-refractivity contribution in [2.45, 2.75) is 19.4 Å². The van der Waals surface area contributed by atoms with Gasteiger partial charge in [-0.2, -0.15) is 0 Å². The van der Waals surface area contributed by atoms with E-state index in [1.54, 1.807) is 0 Å². The van der Waals surface area contributed by atoms with Crippen molar-refractivity contribution in [1.82, 2.24) is 9.88 Å². The molecule has 3 nitrogen and oxygen atoms in total. The second-order valence-corrected chi connectivity index (χ2v) is 3.75. The summed E-state index contributed by atoms with van der Waals surface area (Å²) in [5, 5.41) is 0. The Kier molecular flexibility index (Phi) is 4.56. The van der Waals surface area contributed by atoms with Crippen molar-refractivity contribution in [3.8, 4) is 0 Å². The molecule has 0 bridgehead atoms. The van der Waals surface area contributed by atoms with Crippen molar-refractivity contribution in [3.63, 3.8) is 0 Å². The number of rotatable bonds is 5. The molecule has 0 amide bonds. The van der Waals surface area contributed by atoms with E-state index in [4.69, 9.17) is 5.73 Å². The summed E-state index contributed by atoms with van der Waals surface area (Å²) in [7, 11) is 4.10. The van der Waals surface area contributed by atoms with E-state index < -0.39 is 0 Å². The predicted octanol–water partition coefficient (Wildman–Crippen LogP) is 1.03. The van der Waals surface area contributed by atoms with Gasteiger partial charge in [0.05, 0.1) is 5.69 Å². The molecule has 0 aliphatic heterocycles. The molecule has 3 heteroatoms. The molecule has 2 N–H and O–H groups in total. The summed E-state index contributed by atoms with van der Waals surface area (Å²) in [6.07, 6.45) is 2.00. The van der Waals surface area contributed by atoms with Crippen LogP contribution in [0.3, 0.4) is 0 Å². The van der Waals surface area contributed by atoms with Gasteiger partial charge in [-0.15, -0.1) is 0 Å². The number of hydrogen-bond acceptors (Lipinski definition) is 3. The first-order chi connectivity index (χ1) is 6.72. The van der Waals surface area contributed by atoms with Gasteiger partial charge in [-0.05, 0) is 45.6 Å². The van der Waals surface area contributed by atoms with E-state index in [1.807, 2.05) is 14.1 Å². The lowest BCUT2D eigenvalue weighted by Gasteiger charge is -2.09. The molecule has 0 aliphatic carbocycles. The molecule has 0 aliphatic rings. The van der Waals surface area contributed by atoms with Gasteiger partial charge in [0.25, 0.3) is 0 Å². The van der Waals surface area contributed by atoms with Crippen LogP contribution in [-0.2, 0) is 13.0 Å². The molecule has 0 saturated carbocycles. The fraction of sp³-hybridized carbons (Fsp3) is 0.545. The van der Waals surface area contributed by atoms with Crippen LogP contribution in [0.4, 0.5) is 0 Å². The molecule has 14 heavy (non-hydrogen) atoms. The second-order valence-electron chi connectivity index (χ2n) is 3.75. The zero-order valence-corrected chi connectivity index (χ0v) is 9.03. The minimum absolute atomic E-state index is 0.736. The third-order valence-corrected chi connectivity index (χ3v) is 1.98. The Hall–Kier alpha value is -0.930. The minimum Gasteiger partial charge on any atom is -0.330 e. The fourth-order valence-electron chi connectivity index (χ4n) is 1.36. The van der Waals surface area contributed by atoms with Gasteiger partial charge in [0.2, 0.25) is 0 Å². The third-order valence-electron chi connectivity index (χ3n) is 1.98. The average molecular weight is 193 g/mol. The number of pyridine rings is 1. The van der Waals surface area contributed by atoms with Crippen molar-refractivity contribution >= 4 is 0 Å². The summed E-state index contributed by atoms with van der Waals surface area (Å²) < 4.78 is 0. The average Bonchev–Trinajstić information content (AvgIpc) is 2.14.